The van der Waals surface area contributed by atoms with Gasteiger partial charge in [0.05, 0.1) is 11.7 Å². The number of amides is 2. The van der Waals surface area contributed by atoms with Crippen molar-refractivity contribution in [3.05, 3.63) is 59.9 Å². The molecule has 2 heterocycles. The molecule has 0 saturated carbocycles. The van der Waals surface area contributed by atoms with E-state index < -0.39 is 0 Å². The molecule has 0 N–H and O–H groups in total. The molecular formula is C18H22N2O3. The maximum absolute atomic E-state index is 12.6. The number of furan rings is 1. The molecule has 1 aromatic rings. The Bertz CT molecular complexity index is 678. The Morgan fingerprint density at radius 3 is 2.61 bits per heavy atom. The van der Waals surface area contributed by atoms with Crippen LogP contribution in [0.2, 0.25) is 0 Å². The van der Waals surface area contributed by atoms with Crippen molar-refractivity contribution in [2.45, 2.75) is 33.7 Å². The SMILES string of the molecule is C=C/C=C\C1=CN(C(=O)c2cc(C)c(C)o2)CC(C)N1C(C)=O. The van der Waals surface area contributed by atoms with Gasteiger partial charge < -0.3 is 14.2 Å². The molecule has 5 heteroatoms. The smallest absolute Gasteiger partial charge is 0.293 e. The van der Waals surface area contributed by atoms with Crippen molar-refractivity contribution in [3.63, 3.8) is 0 Å². The van der Waals surface area contributed by atoms with Crippen LogP contribution in [0.1, 0.15) is 35.7 Å². The summed E-state index contributed by atoms with van der Waals surface area (Å²) in [5.74, 6) is 0.779. The molecule has 23 heavy (non-hydrogen) atoms. The van der Waals surface area contributed by atoms with E-state index in [0.29, 0.717) is 18.0 Å². The van der Waals surface area contributed by atoms with Gasteiger partial charge in [0.2, 0.25) is 5.91 Å². The summed E-state index contributed by atoms with van der Waals surface area (Å²) in [4.78, 5) is 27.8. The summed E-state index contributed by atoms with van der Waals surface area (Å²) in [5.41, 5.74) is 1.60. The summed E-state index contributed by atoms with van der Waals surface area (Å²) in [7, 11) is 0. The normalized spacial score (nSPS) is 18.3. The number of hydrogen-bond donors (Lipinski definition) is 0. The van der Waals surface area contributed by atoms with Crippen molar-refractivity contribution < 1.29 is 14.0 Å². The van der Waals surface area contributed by atoms with Gasteiger partial charge in [0.25, 0.3) is 5.91 Å². The third kappa shape index (κ3) is 3.44. The van der Waals surface area contributed by atoms with Crippen LogP contribution >= 0.6 is 0 Å². The summed E-state index contributed by atoms with van der Waals surface area (Å²) in [6, 6.07) is 1.62. The van der Waals surface area contributed by atoms with E-state index in [9.17, 15) is 9.59 Å². The van der Waals surface area contributed by atoms with Gasteiger partial charge in [0.1, 0.15) is 5.76 Å². The van der Waals surface area contributed by atoms with E-state index >= 15 is 0 Å². The molecule has 5 nitrogen and oxygen atoms in total. The van der Waals surface area contributed by atoms with Gasteiger partial charge >= 0.3 is 0 Å². The average molecular weight is 314 g/mol. The van der Waals surface area contributed by atoms with Crippen LogP contribution in [0.4, 0.5) is 0 Å². The number of rotatable bonds is 3. The average Bonchev–Trinajstić information content (AvgIpc) is 2.82. The Morgan fingerprint density at radius 2 is 2.09 bits per heavy atom. The molecule has 1 atom stereocenters. The Balaban J connectivity index is 2.37. The second kappa shape index (κ2) is 6.69. The molecule has 2 amide bonds. The zero-order valence-electron chi connectivity index (χ0n) is 14.0. The Labute approximate surface area is 136 Å². The highest BCUT2D eigenvalue weighted by molar-refractivity contribution is 5.93. The molecule has 1 aliphatic heterocycles. The van der Waals surface area contributed by atoms with Crippen molar-refractivity contribution >= 4 is 11.8 Å². The summed E-state index contributed by atoms with van der Waals surface area (Å²) < 4.78 is 5.52. The van der Waals surface area contributed by atoms with Crippen LogP contribution in [-0.2, 0) is 4.79 Å². The van der Waals surface area contributed by atoms with Gasteiger partial charge in [0.15, 0.2) is 5.76 Å². The predicted octanol–water partition coefficient (Wildman–Crippen LogP) is 3.17. The molecular weight excluding hydrogens is 292 g/mol. The van der Waals surface area contributed by atoms with E-state index in [2.05, 4.69) is 6.58 Å². The molecule has 1 aliphatic rings. The molecule has 1 unspecified atom stereocenters. The van der Waals surface area contributed by atoms with Crippen molar-refractivity contribution in [2.24, 2.45) is 0 Å². The first-order valence-corrected chi connectivity index (χ1v) is 7.54. The van der Waals surface area contributed by atoms with E-state index in [1.807, 2.05) is 20.8 Å². The largest absolute Gasteiger partial charge is 0.456 e. The van der Waals surface area contributed by atoms with Gasteiger partial charge in [-0.1, -0.05) is 18.7 Å². The molecule has 0 spiro atoms. The van der Waals surface area contributed by atoms with Gasteiger partial charge in [-0.15, -0.1) is 0 Å². The number of carbonyl (C=O) groups excluding carboxylic acids is 2. The van der Waals surface area contributed by atoms with Gasteiger partial charge in [-0.2, -0.15) is 0 Å². The second-order valence-electron chi connectivity index (χ2n) is 5.69. The fourth-order valence-corrected chi connectivity index (χ4v) is 2.64. The van der Waals surface area contributed by atoms with Crippen LogP contribution < -0.4 is 0 Å². The lowest BCUT2D eigenvalue weighted by Crippen LogP contribution is -2.48. The molecule has 0 fully saturated rings. The quantitative estimate of drug-likeness (QED) is 0.805. The molecule has 0 radical (unpaired) electrons. The standard InChI is InChI=1S/C18H22N2O3/c1-6-7-8-16-11-19(10-13(3)20(16)15(5)21)18(22)17-9-12(2)14(4)23-17/h6-9,11,13H,1,10H2,2-5H3/b8-7-. The van der Waals surface area contributed by atoms with E-state index in [0.717, 1.165) is 11.3 Å². The predicted molar refractivity (Wildman–Crippen MR) is 88.6 cm³/mol. The van der Waals surface area contributed by atoms with Crippen LogP contribution in [0.3, 0.4) is 0 Å². The number of carbonyl (C=O) groups is 2. The first kappa shape index (κ1) is 16.8. The molecule has 122 valence electrons. The number of hydrogen-bond acceptors (Lipinski definition) is 3. The highest BCUT2D eigenvalue weighted by atomic mass is 16.4. The Kier molecular flexibility index (Phi) is 4.89. The second-order valence-corrected chi connectivity index (χ2v) is 5.69. The maximum atomic E-state index is 12.6. The minimum absolute atomic E-state index is 0.0609. The molecule has 0 bridgehead atoms. The third-order valence-corrected chi connectivity index (χ3v) is 3.85. The van der Waals surface area contributed by atoms with Crippen LogP contribution in [0.15, 0.2) is 47.2 Å². The monoisotopic (exact) mass is 314 g/mol. The van der Waals surface area contributed by atoms with Crippen LogP contribution in [0.25, 0.3) is 0 Å². The zero-order chi connectivity index (χ0) is 17.1. The fourth-order valence-electron chi connectivity index (χ4n) is 2.64. The molecule has 1 aromatic heterocycles. The fraction of sp³-hybridized carbons (Fsp3) is 0.333. The van der Waals surface area contributed by atoms with E-state index in [1.165, 1.54) is 6.92 Å². The highest BCUT2D eigenvalue weighted by Crippen LogP contribution is 2.23. The lowest BCUT2D eigenvalue weighted by Gasteiger charge is -2.37. The van der Waals surface area contributed by atoms with E-state index in [4.69, 9.17) is 4.42 Å². The van der Waals surface area contributed by atoms with Crippen molar-refractivity contribution in [1.82, 2.24) is 9.80 Å². The summed E-state index contributed by atoms with van der Waals surface area (Å²) in [5, 5.41) is 0. The Morgan fingerprint density at radius 1 is 1.39 bits per heavy atom. The maximum Gasteiger partial charge on any atom is 0.293 e. The highest BCUT2D eigenvalue weighted by Gasteiger charge is 2.30. The van der Waals surface area contributed by atoms with Crippen molar-refractivity contribution in [3.8, 4) is 0 Å². The van der Waals surface area contributed by atoms with Gasteiger partial charge in [-0.3, -0.25) is 9.59 Å². The molecule has 2 rings (SSSR count). The van der Waals surface area contributed by atoms with Crippen LogP contribution in [0.5, 0.6) is 0 Å². The van der Waals surface area contributed by atoms with Gasteiger partial charge in [-0.05, 0) is 38.5 Å². The summed E-state index contributed by atoms with van der Waals surface area (Å²) in [6.45, 7) is 11.2. The number of allylic oxidation sites excluding steroid dienone is 3. The Hall–Kier alpha value is -2.56. The molecule has 0 saturated heterocycles. The molecule has 0 aromatic carbocycles. The topological polar surface area (TPSA) is 53.8 Å². The van der Waals surface area contributed by atoms with Crippen molar-refractivity contribution in [2.75, 3.05) is 6.54 Å². The first-order chi connectivity index (χ1) is 10.8. The van der Waals surface area contributed by atoms with E-state index in [-0.39, 0.29) is 17.9 Å². The minimum atomic E-state index is -0.208. The lowest BCUT2D eigenvalue weighted by molar-refractivity contribution is -0.129. The first-order valence-electron chi connectivity index (χ1n) is 7.54. The summed E-state index contributed by atoms with van der Waals surface area (Å²) >= 11 is 0. The summed E-state index contributed by atoms with van der Waals surface area (Å²) in [6.07, 6.45) is 6.81. The van der Waals surface area contributed by atoms with Crippen LogP contribution in [-0.4, -0.2) is 34.2 Å². The minimum Gasteiger partial charge on any atom is -0.456 e. The van der Waals surface area contributed by atoms with Crippen molar-refractivity contribution in [1.29, 1.82) is 0 Å². The van der Waals surface area contributed by atoms with Gasteiger partial charge in [0, 0.05) is 19.7 Å². The van der Waals surface area contributed by atoms with E-state index in [1.54, 1.807) is 40.3 Å². The number of nitrogens with zero attached hydrogens (tertiary/aromatic N) is 2. The third-order valence-electron chi connectivity index (χ3n) is 3.85. The van der Waals surface area contributed by atoms with Gasteiger partial charge in [-0.25, -0.2) is 0 Å². The zero-order valence-corrected chi connectivity index (χ0v) is 14.0. The van der Waals surface area contributed by atoms with Crippen LogP contribution in [0, 0.1) is 13.8 Å². The number of aryl methyl sites for hydroxylation is 2. The molecule has 0 aliphatic carbocycles. The lowest BCUT2D eigenvalue weighted by atomic mass is 10.1.